The minimum absolute atomic E-state index is 0. The number of carbonyl (C=O) groups excluding carboxylic acids is 1. The molecule has 1 aromatic heterocycles. The average molecular weight is 126 g/mol. The SMILES string of the molecule is Cn1ccc(C(N)=O)c1.[HH]. The smallest absolute Gasteiger partial charge is 0.250 e. The van der Waals surface area contributed by atoms with Crippen LogP contribution in [0, 0.1) is 0 Å². The predicted molar refractivity (Wildman–Crippen MR) is 36.0 cm³/mol. The number of hydrogen-bond donors (Lipinski definition) is 1. The highest BCUT2D eigenvalue weighted by Gasteiger charge is 1.98. The van der Waals surface area contributed by atoms with Crippen LogP contribution in [0.2, 0.25) is 0 Å². The van der Waals surface area contributed by atoms with Gasteiger partial charge in [-0.25, -0.2) is 0 Å². The van der Waals surface area contributed by atoms with Crippen molar-refractivity contribution in [3.8, 4) is 0 Å². The summed E-state index contributed by atoms with van der Waals surface area (Å²) in [6, 6.07) is 1.68. The van der Waals surface area contributed by atoms with E-state index in [2.05, 4.69) is 0 Å². The molecule has 0 aliphatic heterocycles. The highest BCUT2D eigenvalue weighted by molar-refractivity contribution is 5.92. The molecule has 0 radical (unpaired) electrons. The standard InChI is InChI=1S/C6H8N2O.H2/c1-8-3-2-5(4-8)6(7)9;/h2-4H,1H3,(H2,7,9);1H. The number of amides is 1. The Morgan fingerprint density at radius 1 is 1.89 bits per heavy atom. The first kappa shape index (κ1) is 5.88. The zero-order chi connectivity index (χ0) is 6.85. The van der Waals surface area contributed by atoms with Crippen molar-refractivity contribution in [3.63, 3.8) is 0 Å². The summed E-state index contributed by atoms with van der Waals surface area (Å²) in [4.78, 5) is 10.4. The number of rotatable bonds is 1. The first-order valence-electron chi connectivity index (χ1n) is 2.62. The molecule has 1 amide bonds. The van der Waals surface area contributed by atoms with Gasteiger partial charge in [-0.05, 0) is 6.07 Å². The van der Waals surface area contributed by atoms with Crippen LogP contribution in [0.25, 0.3) is 0 Å². The summed E-state index contributed by atoms with van der Waals surface area (Å²) in [6.07, 6.45) is 3.46. The number of aryl methyl sites for hydroxylation is 1. The van der Waals surface area contributed by atoms with Gasteiger partial charge in [0.1, 0.15) is 0 Å². The van der Waals surface area contributed by atoms with Crippen LogP contribution in [0.3, 0.4) is 0 Å². The molecule has 0 aromatic carbocycles. The Balaban J connectivity index is 0.000000810. The number of nitrogens with zero attached hydrogens (tertiary/aromatic N) is 1. The van der Waals surface area contributed by atoms with Crippen molar-refractivity contribution in [1.29, 1.82) is 0 Å². The number of carbonyl (C=O) groups is 1. The highest BCUT2D eigenvalue weighted by atomic mass is 16.1. The molecule has 0 unspecified atom stereocenters. The highest BCUT2D eigenvalue weighted by Crippen LogP contribution is 1.96. The molecule has 1 aromatic rings. The van der Waals surface area contributed by atoms with Crippen LogP contribution in [0.15, 0.2) is 18.5 Å². The molecule has 3 nitrogen and oxygen atoms in total. The van der Waals surface area contributed by atoms with Crippen LogP contribution < -0.4 is 5.73 Å². The Kier molecular flexibility index (Phi) is 1.26. The van der Waals surface area contributed by atoms with Crippen LogP contribution >= 0.6 is 0 Å². The van der Waals surface area contributed by atoms with Gasteiger partial charge in [0, 0.05) is 20.9 Å². The van der Waals surface area contributed by atoms with Crippen molar-refractivity contribution in [1.82, 2.24) is 4.57 Å². The number of hydrogen-bond acceptors (Lipinski definition) is 1. The fourth-order valence-electron chi connectivity index (χ4n) is 0.649. The molecule has 2 N–H and O–H groups in total. The Morgan fingerprint density at radius 3 is 2.78 bits per heavy atom. The van der Waals surface area contributed by atoms with Crippen molar-refractivity contribution in [2.45, 2.75) is 0 Å². The first-order valence-corrected chi connectivity index (χ1v) is 2.62. The number of nitrogens with two attached hydrogens (primary N) is 1. The largest absolute Gasteiger partial charge is 0.366 e. The van der Waals surface area contributed by atoms with Crippen molar-refractivity contribution < 1.29 is 6.22 Å². The van der Waals surface area contributed by atoms with Crippen molar-refractivity contribution in [2.75, 3.05) is 0 Å². The van der Waals surface area contributed by atoms with Gasteiger partial charge in [-0.3, -0.25) is 4.79 Å². The molecule has 0 fully saturated rings. The van der Waals surface area contributed by atoms with E-state index in [0.717, 1.165) is 0 Å². The lowest BCUT2D eigenvalue weighted by molar-refractivity contribution is 0.100. The second kappa shape index (κ2) is 1.93. The molecule has 0 aliphatic carbocycles. The van der Waals surface area contributed by atoms with Gasteiger partial charge in [-0.15, -0.1) is 0 Å². The lowest BCUT2D eigenvalue weighted by Gasteiger charge is -1.84. The second-order valence-corrected chi connectivity index (χ2v) is 1.93. The van der Waals surface area contributed by atoms with Gasteiger partial charge in [0.2, 0.25) is 5.91 Å². The van der Waals surface area contributed by atoms with E-state index in [9.17, 15) is 4.79 Å². The Hall–Kier alpha value is -1.25. The first-order chi connectivity index (χ1) is 4.20. The Morgan fingerprint density at radius 2 is 2.56 bits per heavy atom. The summed E-state index contributed by atoms with van der Waals surface area (Å²) < 4.78 is 1.78. The molecule has 1 heterocycles. The maximum atomic E-state index is 10.4. The van der Waals surface area contributed by atoms with Crippen LogP contribution in [0.4, 0.5) is 0 Å². The van der Waals surface area contributed by atoms with E-state index < -0.39 is 0 Å². The van der Waals surface area contributed by atoms with Gasteiger partial charge >= 0.3 is 0 Å². The van der Waals surface area contributed by atoms with Gasteiger partial charge < -0.3 is 10.3 Å². The summed E-state index contributed by atoms with van der Waals surface area (Å²) in [7, 11) is 1.84. The molecule has 50 valence electrons. The minimum atomic E-state index is -0.379. The third-order valence-corrected chi connectivity index (χ3v) is 1.12. The number of aromatic nitrogens is 1. The normalized spacial score (nSPS) is 9.44. The van der Waals surface area contributed by atoms with Crippen molar-refractivity contribution in [3.05, 3.63) is 24.0 Å². The third kappa shape index (κ3) is 1.10. The molecule has 9 heavy (non-hydrogen) atoms. The maximum Gasteiger partial charge on any atom is 0.250 e. The molecular formula is C6H10N2O. The molecule has 0 saturated heterocycles. The molecule has 0 saturated carbocycles. The summed E-state index contributed by atoms with van der Waals surface area (Å²) >= 11 is 0. The van der Waals surface area contributed by atoms with Gasteiger partial charge in [-0.1, -0.05) is 0 Å². The van der Waals surface area contributed by atoms with E-state index in [-0.39, 0.29) is 7.33 Å². The lowest BCUT2D eigenvalue weighted by atomic mass is 10.3. The van der Waals surface area contributed by atoms with Crippen LogP contribution in [-0.4, -0.2) is 10.5 Å². The van der Waals surface area contributed by atoms with Crippen molar-refractivity contribution >= 4 is 5.91 Å². The third-order valence-electron chi connectivity index (χ3n) is 1.12. The van der Waals surface area contributed by atoms with Gasteiger partial charge in [0.25, 0.3) is 0 Å². The monoisotopic (exact) mass is 126 g/mol. The maximum absolute atomic E-state index is 10.4. The molecule has 0 aliphatic rings. The molecule has 1 rings (SSSR count). The fraction of sp³-hybridized carbons (Fsp3) is 0.167. The fourth-order valence-corrected chi connectivity index (χ4v) is 0.649. The summed E-state index contributed by atoms with van der Waals surface area (Å²) in [5.74, 6) is -0.379. The zero-order valence-electron chi connectivity index (χ0n) is 5.16. The molecule has 0 atom stereocenters. The van der Waals surface area contributed by atoms with E-state index in [1.807, 2.05) is 7.05 Å². The molecular weight excluding hydrogens is 116 g/mol. The zero-order valence-corrected chi connectivity index (χ0v) is 5.16. The average Bonchev–Trinajstić information content (AvgIpc) is 2.14. The van der Waals surface area contributed by atoms with Crippen LogP contribution in [0.1, 0.15) is 11.8 Å². The predicted octanol–water partition coefficient (Wildman–Crippen LogP) is 0.370. The summed E-state index contributed by atoms with van der Waals surface area (Å²) in [5, 5.41) is 0. The molecule has 3 heteroatoms. The second-order valence-electron chi connectivity index (χ2n) is 1.93. The number of primary amides is 1. The van der Waals surface area contributed by atoms with E-state index in [1.165, 1.54) is 0 Å². The molecule has 0 spiro atoms. The van der Waals surface area contributed by atoms with E-state index in [0.29, 0.717) is 5.56 Å². The Labute approximate surface area is 54.6 Å². The van der Waals surface area contributed by atoms with Gasteiger partial charge in [0.15, 0.2) is 0 Å². The molecule has 0 bridgehead atoms. The van der Waals surface area contributed by atoms with Gasteiger partial charge in [-0.2, -0.15) is 0 Å². The summed E-state index contributed by atoms with van der Waals surface area (Å²) in [6.45, 7) is 0. The van der Waals surface area contributed by atoms with Gasteiger partial charge in [0.05, 0.1) is 5.56 Å². The van der Waals surface area contributed by atoms with E-state index >= 15 is 0 Å². The minimum Gasteiger partial charge on any atom is -0.366 e. The summed E-state index contributed by atoms with van der Waals surface area (Å²) in [5.41, 5.74) is 5.53. The van der Waals surface area contributed by atoms with Crippen LogP contribution in [0.5, 0.6) is 0 Å². The topological polar surface area (TPSA) is 48.0 Å². The van der Waals surface area contributed by atoms with E-state index in [1.54, 1.807) is 23.0 Å². The van der Waals surface area contributed by atoms with Crippen molar-refractivity contribution in [2.24, 2.45) is 12.8 Å². The quantitative estimate of drug-likeness (QED) is 0.580. The van der Waals surface area contributed by atoms with Crippen LogP contribution in [-0.2, 0) is 7.05 Å². The lowest BCUT2D eigenvalue weighted by Crippen LogP contribution is -2.09. The Bertz CT molecular complexity index is 231. The van der Waals surface area contributed by atoms with E-state index in [4.69, 9.17) is 5.73 Å².